The van der Waals surface area contributed by atoms with Crippen LogP contribution in [0.1, 0.15) is 38.0 Å². The van der Waals surface area contributed by atoms with Crippen molar-refractivity contribution >= 4 is 5.97 Å². The molecule has 0 fully saturated rings. The van der Waals surface area contributed by atoms with E-state index in [1.54, 1.807) is 28.4 Å². The van der Waals surface area contributed by atoms with Crippen molar-refractivity contribution in [3.05, 3.63) is 23.3 Å². The van der Waals surface area contributed by atoms with Crippen LogP contribution in [0.15, 0.2) is 12.1 Å². The second kappa shape index (κ2) is 8.92. The van der Waals surface area contributed by atoms with Crippen LogP contribution in [-0.4, -0.2) is 41.2 Å². The first kappa shape index (κ1) is 22.9. The van der Waals surface area contributed by atoms with Crippen LogP contribution in [0.5, 0.6) is 34.5 Å². The highest BCUT2D eigenvalue weighted by molar-refractivity contribution is 5.89. The Morgan fingerprint density at radius 1 is 0.909 bits per heavy atom. The summed E-state index contributed by atoms with van der Waals surface area (Å²) >= 11 is 0. The number of hydrogen-bond donors (Lipinski definition) is 0. The Hall–Kier alpha value is -3.29. The van der Waals surface area contributed by atoms with Gasteiger partial charge in [0.25, 0.3) is 0 Å². The number of carbonyl (C=O) groups excluding carboxylic acids is 1. The lowest BCUT2D eigenvalue weighted by molar-refractivity contribution is -0.150. The molecular weight excluding hydrogens is 428 g/mol. The summed E-state index contributed by atoms with van der Waals surface area (Å²) in [5.74, 6) is 2.90. The SMILES string of the molecule is COc1cc2c(c(OC)c1OC)-c1c(cc3c(c1OC)OCO3)[C@@H](OC(C)=O)[C@@H](C)[C@H](C)C2. The van der Waals surface area contributed by atoms with Crippen LogP contribution >= 0.6 is 0 Å². The van der Waals surface area contributed by atoms with E-state index in [1.807, 2.05) is 12.1 Å². The van der Waals surface area contributed by atoms with Crippen molar-refractivity contribution in [2.45, 2.75) is 33.3 Å². The second-order valence-electron chi connectivity index (χ2n) is 8.36. The van der Waals surface area contributed by atoms with E-state index in [1.165, 1.54) is 6.92 Å². The molecule has 178 valence electrons. The van der Waals surface area contributed by atoms with Crippen LogP contribution in [0.2, 0.25) is 0 Å². The smallest absolute Gasteiger partial charge is 0.303 e. The fourth-order valence-electron chi connectivity index (χ4n) is 4.81. The van der Waals surface area contributed by atoms with Gasteiger partial charge in [0.05, 0.1) is 28.4 Å². The van der Waals surface area contributed by atoms with E-state index in [0.29, 0.717) is 40.9 Å². The molecule has 2 aromatic rings. The lowest BCUT2D eigenvalue weighted by Gasteiger charge is -2.35. The Kier molecular flexibility index (Phi) is 6.19. The Balaban J connectivity index is 2.16. The first-order chi connectivity index (χ1) is 15.9. The van der Waals surface area contributed by atoms with Gasteiger partial charge < -0.3 is 33.2 Å². The van der Waals surface area contributed by atoms with Gasteiger partial charge in [-0.1, -0.05) is 13.8 Å². The van der Waals surface area contributed by atoms with Crippen molar-refractivity contribution < 1.29 is 38.0 Å². The quantitative estimate of drug-likeness (QED) is 0.604. The van der Waals surface area contributed by atoms with Crippen molar-refractivity contribution in [3.8, 4) is 45.6 Å². The van der Waals surface area contributed by atoms with Gasteiger partial charge in [-0.25, -0.2) is 0 Å². The molecule has 33 heavy (non-hydrogen) atoms. The molecule has 2 aromatic carbocycles. The molecular formula is C25H30O8. The summed E-state index contributed by atoms with van der Waals surface area (Å²) in [5.41, 5.74) is 3.27. The zero-order chi connectivity index (χ0) is 23.9. The molecule has 0 spiro atoms. The van der Waals surface area contributed by atoms with Gasteiger partial charge in [-0.2, -0.15) is 0 Å². The van der Waals surface area contributed by atoms with Crippen molar-refractivity contribution in [2.24, 2.45) is 11.8 Å². The molecule has 8 nitrogen and oxygen atoms in total. The summed E-state index contributed by atoms with van der Waals surface area (Å²) in [6, 6.07) is 3.85. The Morgan fingerprint density at radius 3 is 2.21 bits per heavy atom. The molecule has 0 unspecified atom stereocenters. The van der Waals surface area contributed by atoms with E-state index in [9.17, 15) is 4.79 Å². The van der Waals surface area contributed by atoms with E-state index < -0.39 is 6.10 Å². The van der Waals surface area contributed by atoms with E-state index >= 15 is 0 Å². The second-order valence-corrected chi connectivity index (χ2v) is 8.36. The highest BCUT2D eigenvalue weighted by atomic mass is 16.7. The summed E-state index contributed by atoms with van der Waals surface area (Å²) in [5, 5.41) is 0. The zero-order valence-electron chi connectivity index (χ0n) is 20.1. The number of rotatable bonds is 5. The zero-order valence-corrected chi connectivity index (χ0v) is 20.1. The van der Waals surface area contributed by atoms with Crippen LogP contribution < -0.4 is 28.4 Å². The van der Waals surface area contributed by atoms with E-state index in [2.05, 4.69) is 13.8 Å². The fourth-order valence-corrected chi connectivity index (χ4v) is 4.81. The van der Waals surface area contributed by atoms with E-state index in [0.717, 1.165) is 22.3 Å². The van der Waals surface area contributed by atoms with Crippen molar-refractivity contribution in [2.75, 3.05) is 35.2 Å². The van der Waals surface area contributed by atoms with Gasteiger partial charge in [-0.15, -0.1) is 0 Å². The number of methoxy groups -OCH3 is 4. The highest BCUT2D eigenvalue weighted by Gasteiger charge is 2.39. The number of hydrogen-bond acceptors (Lipinski definition) is 8. The van der Waals surface area contributed by atoms with Crippen LogP contribution in [0, 0.1) is 11.8 Å². The highest BCUT2D eigenvalue weighted by Crippen LogP contribution is 2.58. The minimum absolute atomic E-state index is 0.00460. The molecule has 4 rings (SSSR count). The molecule has 0 aromatic heterocycles. The molecule has 0 saturated carbocycles. The molecule has 1 aliphatic carbocycles. The summed E-state index contributed by atoms with van der Waals surface area (Å²) in [7, 11) is 6.34. The van der Waals surface area contributed by atoms with Gasteiger partial charge in [0, 0.05) is 29.5 Å². The number of fused-ring (bicyclic) bond motifs is 4. The summed E-state index contributed by atoms with van der Waals surface area (Å²) in [4.78, 5) is 12.1. The third-order valence-corrected chi connectivity index (χ3v) is 6.53. The van der Waals surface area contributed by atoms with Crippen molar-refractivity contribution in [3.63, 3.8) is 0 Å². The lowest BCUT2D eigenvalue weighted by Crippen LogP contribution is -2.26. The minimum atomic E-state index is -0.526. The van der Waals surface area contributed by atoms with Gasteiger partial charge in [-0.05, 0) is 30.0 Å². The molecule has 0 bridgehead atoms. The first-order valence-corrected chi connectivity index (χ1v) is 10.9. The Morgan fingerprint density at radius 2 is 1.61 bits per heavy atom. The monoisotopic (exact) mass is 458 g/mol. The average molecular weight is 459 g/mol. The molecule has 2 aliphatic rings. The van der Waals surface area contributed by atoms with Gasteiger partial charge in [-0.3, -0.25) is 4.79 Å². The molecule has 0 saturated heterocycles. The predicted molar refractivity (Wildman–Crippen MR) is 121 cm³/mol. The summed E-state index contributed by atoms with van der Waals surface area (Å²) < 4.78 is 40.4. The first-order valence-electron chi connectivity index (χ1n) is 10.9. The Labute approximate surface area is 193 Å². The van der Waals surface area contributed by atoms with Crippen molar-refractivity contribution in [1.29, 1.82) is 0 Å². The van der Waals surface area contributed by atoms with Gasteiger partial charge in [0.1, 0.15) is 6.10 Å². The van der Waals surface area contributed by atoms with Gasteiger partial charge in [0.15, 0.2) is 23.0 Å². The normalized spacial score (nSPS) is 20.6. The molecule has 1 heterocycles. The van der Waals surface area contributed by atoms with Crippen molar-refractivity contribution in [1.82, 2.24) is 0 Å². The van der Waals surface area contributed by atoms with Crippen LogP contribution in [0.3, 0.4) is 0 Å². The number of esters is 1. The molecule has 1 aliphatic heterocycles. The van der Waals surface area contributed by atoms with Gasteiger partial charge in [0.2, 0.25) is 18.3 Å². The summed E-state index contributed by atoms with van der Waals surface area (Å²) in [6.45, 7) is 5.72. The maximum Gasteiger partial charge on any atom is 0.303 e. The van der Waals surface area contributed by atoms with Crippen LogP contribution in [0.25, 0.3) is 11.1 Å². The molecule has 0 N–H and O–H groups in total. The Bertz CT molecular complexity index is 1080. The van der Waals surface area contributed by atoms with Gasteiger partial charge >= 0.3 is 5.97 Å². The molecule has 0 radical (unpaired) electrons. The van der Waals surface area contributed by atoms with E-state index in [-0.39, 0.29) is 24.6 Å². The number of carbonyl (C=O) groups is 1. The van der Waals surface area contributed by atoms with Crippen LogP contribution in [-0.2, 0) is 16.0 Å². The largest absolute Gasteiger partial charge is 0.493 e. The topological polar surface area (TPSA) is 81.7 Å². The minimum Gasteiger partial charge on any atom is -0.493 e. The third-order valence-electron chi connectivity index (χ3n) is 6.53. The maximum atomic E-state index is 12.1. The summed E-state index contributed by atoms with van der Waals surface area (Å²) in [6.07, 6.45) is 0.170. The van der Waals surface area contributed by atoms with Crippen LogP contribution in [0.4, 0.5) is 0 Å². The number of ether oxygens (including phenoxy) is 7. The third kappa shape index (κ3) is 3.67. The molecule has 0 amide bonds. The fraction of sp³-hybridized carbons (Fsp3) is 0.480. The van der Waals surface area contributed by atoms with E-state index in [4.69, 9.17) is 33.2 Å². The predicted octanol–water partition coefficient (Wildman–Crippen LogP) is 4.55. The number of benzene rings is 2. The average Bonchev–Trinajstić information content (AvgIpc) is 3.27. The molecule has 8 heteroatoms. The maximum absolute atomic E-state index is 12.1. The lowest BCUT2D eigenvalue weighted by atomic mass is 9.76. The molecule has 3 atom stereocenters. The standard InChI is InChI=1S/C25H30O8/c1-12-8-15-9-17(27-4)22(28-5)24(29-6)19(15)20-16(21(13(12)2)33-14(3)26)10-18-23(25(20)30-7)32-11-31-18/h9-10,12-13,21H,8,11H2,1-7H3/t12-,13+,21+/m1/s1.